The molecule has 0 saturated heterocycles. The first-order valence-electron chi connectivity index (χ1n) is 7.89. The normalized spacial score (nSPS) is 11.6. The summed E-state index contributed by atoms with van der Waals surface area (Å²) in [7, 11) is -3.45. The van der Waals surface area contributed by atoms with Crippen molar-refractivity contribution in [1.29, 1.82) is 0 Å². The molecule has 8 nitrogen and oxygen atoms in total. The third-order valence-corrected chi connectivity index (χ3v) is 6.83. The van der Waals surface area contributed by atoms with Crippen LogP contribution in [0.2, 0.25) is 0 Å². The van der Waals surface area contributed by atoms with Crippen molar-refractivity contribution in [2.75, 3.05) is 11.6 Å². The van der Waals surface area contributed by atoms with Crippen LogP contribution in [0.5, 0.6) is 0 Å². The number of carbonyl (C=O) groups excluding carboxylic acids is 1. The smallest absolute Gasteiger partial charge is 0.257 e. The minimum absolute atomic E-state index is 0.126. The number of rotatable bonds is 4. The van der Waals surface area contributed by atoms with Crippen LogP contribution in [0.4, 0.5) is 5.13 Å². The van der Waals surface area contributed by atoms with Gasteiger partial charge in [0.1, 0.15) is 5.65 Å². The van der Waals surface area contributed by atoms with Gasteiger partial charge < -0.3 is 0 Å². The zero-order valence-electron chi connectivity index (χ0n) is 14.3. The van der Waals surface area contributed by atoms with Crippen LogP contribution >= 0.6 is 27.3 Å². The first-order chi connectivity index (χ1) is 13.3. The summed E-state index contributed by atoms with van der Waals surface area (Å²) in [5.74, 6) is -0.399. The summed E-state index contributed by atoms with van der Waals surface area (Å²) in [6.07, 6.45) is 4.73. The summed E-state index contributed by atoms with van der Waals surface area (Å²) >= 11 is 4.26. The average molecular weight is 478 g/mol. The largest absolute Gasteiger partial charge is 0.299 e. The van der Waals surface area contributed by atoms with Crippen LogP contribution < -0.4 is 5.32 Å². The van der Waals surface area contributed by atoms with Gasteiger partial charge in [-0.1, -0.05) is 23.5 Å². The summed E-state index contributed by atoms with van der Waals surface area (Å²) in [5, 5.41) is 9.95. The van der Waals surface area contributed by atoms with E-state index in [9.17, 15) is 13.2 Å². The van der Waals surface area contributed by atoms with Gasteiger partial charge in [0.2, 0.25) is 19.3 Å². The number of benzene rings is 1. The van der Waals surface area contributed by atoms with E-state index in [-0.39, 0.29) is 9.47 Å². The lowest BCUT2D eigenvalue weighted by atomic mass is 10.1. The average Bonchev–Trinajstić information content (AvgIpc) is 3.28. The quantitative estimate of drug-likeness (QED) is 0.452. The number of nitrogens with zero attached hydrogens (tertiary/aromatic N) is 4. The van der Waals surface area contributed by atoms with Crippen molar-refractivity contribution in [2.45, 2.75) is 4.34 Å². The number of carbonyl (C=O) groups is 1. The van der Waals surface area contributed by atoms with Gasteiger partial charge in [0.05, 0.1) is 11.9 Å². The molecule has 4 rings (SSSR count). The summed E-state index contributed by atoms with van der Waals surface area (Å²) < 4.78 is 25.6. The van der Waals surface area contributed by atoms with E-state index >= 15 is 0 Å². The maximum absolute atomic E-state index is 12.4. The fraction of sp³-hybridized carbons (Fsp3) is 0.0588. The number of aromatic nitrogens is 4. The highest BCUT2D eigenvalue weighted by Gasteiger charge is 2.16. The minimum atomic E-state index is -3.45. The Bertz CT molecular complexity index is 1300. The number of nitrogens with one attached hydrogen (secondary N) is 1. The standard InChI is InChI=1S/C17H12BrN5O3S2/c1-28(25,26)17-22-21-16(27-17)20-15(24)11-4-2-10(3-5-11)13-8-19-14-7-6-12(18)9-23(13)14/h2-9H,1H3,(H,20,21,24). The molecule has 3 aromatic heterocycles. The summed E-state index contributed by atoms with van der Waals surface area (Å²) in [6, 6.07) is 10.8. The Morgan fingerprint density at radius 2 is 1.89 bits per heavy atom. The van der Waals surface area contributed by atoms with Gasteiger partial charge in [-0.25, -0.2) is 13.4 Å². The molecule has 3 heterocycles. The van der Waals surface area contributed by atoms with Gasteiger partial charge in [0.15, 0.2) is 0 Å². The molecule has 1 aromatic carbocycles. The van der Waals surface area contributed by atoms with Crippen LogP contribution in [0, 0.1) is 0 Å². The Morgan fingerprint density at radius 1 is 1.14 bits per heavy atom. The monoisotopic (exact) mass is 477 g/mol. The highest BCUT2D eigenvalue weighted by atomic mass is 79.9. The Kier molecular flexibility index (Phi) is 4.73. The lowest BCUT2D eigenvalue weighted by Crippen LogP contribution is -2.11. The van der Waals surface area contributed by atoms with Gasteiger partial charge in [-0.05, 0) is 40.2 Å². The van der Waals surface area contributed by atoms with E-state index in [1.807, 2.05) is 34.9 Å². The van der Waals surface area contributed by atoms with Crippen molar-refractivity contribution in [1.82, 2.24) is 19.6 Å². The molecule has 0 spiro atoms. The highest BCUT2D eigenvalue weighted by Crippen LogP contribution is 2.24. The molecule has 28 heavy (non-hydrogen) atoms. The van der Waals surface area contributed by atoms with Crippen molar-refractivity contribution in [3.8, 4) is 11.3 Å². The Balaban J connectivity index is 1.56. The third-order valence-electron chi connectivity index (χ3n) is 3.86. The lowest BCUT2D eigenvalue weighted by molar-refractivity contribution is 0.102. The first kappa shape index (κ1) is 18.7. The number of halogens is 1. The van der Waals surface area contributed by atoms with Gasteiger partial charge in [-0.2, -0.15) is 0 Å². The Hall–Kier alpha value is -2.63. The fourth-order valence-electron chi connectivity index (χ4n) is 2.54. The molecular formula is C17H12BrN5O3S2. The second kappa shape index (κ2) is 7.08. The molecule has 1 amide bonds. The molecule has 0 bridgehead atoms. The molecule has 0 aliphatic heterocycles. The summed E-state index contributed by atoms with van der Waals surface area (Å²) in [4.78, 5) is 16.8. The molecule has 4 aromatic rings. The van der Waals surface area contributed by atoms with E-state index in [1.54, 1.807) is 18.3 Å². The van der Waals surface area contributed by atoms with Crippen LogP contribution in [0.25, 0.3) is 16.9 Å². The van der Waals surface area contributed by atoms with Crippen molar-refractivity contribution in [3.63, 3.8) is 0 Å². The molecule has 142 valence electrons. The van der Waals surface area contributed by atoms with Crippen LogP contribution in [0.1, 0.15) is 10.4 Å². The zero-order valence-corrected chi connectivity index (χ0v) is 17.5. The molecule has 0 atom stereocenters. The van der Waals surface area contributed by atoms with Gasteiger partial charge in [-0.15, -0.1) is 10.2 Å². The topological polar surface area (TPSA) is 106 Å². The summed E-state index contributed by atoms with van der Waals surface area (Å²) in [5.41, 5.74) is 3.02. The van der Waals surface area contributed by atoms with E-state index in [1.165, 1.54) is 0 Å². The number of fused-ring (bicyclic) bond motifs is 1. The SMILES string of the molecule is CS(=O)(=O)c1nnc(NC(=O)c2ccc(-c3cnc4ccc(Br)cn34)cc2)s1. The van der Waals surface area contributed by atoms with Gasteiger partial charge in [0, 0.05) is 28.1 Å². The predicted octanol–water partition coefficient (Wildman–Crippen LogP) is 3.27. The van der Waals surface area contributed by atoms with Crippen molar-refractivity contribution >= 4 is 53.8 Å². The number of imidazole rings is 1. The van der Waals surface area contributed by atoms with Crippen molar-refractivity contribution in [2.24, 2.45) is 0 Å². The Morgan fingerprint density at radius 3 is 2.57 bits per heavy atom. The number of amides is 1. The van der Waals surface area contributed by atoms with Gasteiger partial charge in [0.25, 0.3) is 5.91 Å². The predicted molar refractivity (Wildman–Crippen MR) is 109 cm³/mol. The zero-order chi connectivity index (χ0) is 19.9. The third kappa shape index (κ3) is 3.68. The molecule has 1 N–H and O–H groups in total. The Labute approximate surface area is 172 Å². The van der Waals surface area contributed by atoms with Crippen molar-refractivity contribution in [3.05, 3.63) is 58.8 Å². The van der Waals surface area contributed by atoms with Crippen LogP contribution in [0.3, 0.4) is 0 Å². The molecule has 0 aliphatic carbocycles. The van der Waals surface area contributed by atoms with Crippen LogP contribution in [-0.4, -0.2) is 40.2 Å². The minimum Gasteiger partial charge on any atom is -0.299 e. The molecular weight excluding hydrogens is 466 g/mol. The first-order valence-corrected chi connectivity index (χ1v) is 11.4. The van der Waals surface area contributed by atoms with E-state index < -0.39 is 15.7 Å². The van der Waals surface area contributed by atoms with Gasteiger partial charge in [-0.3, -0.25) is 14.5 Å². The molecule has 0 aliphatic rings. The molecule has 0 unspecified atom stereocenters. The number of hydrogen-bond donors (Lipinski definition) is 1. The second-order valence-electron chi connectivity index (χ2n) is 5.90. The van der Waals surface area contributed by atoms with E-state index in [2.05, 4.69) is 36.4 Å². The van der Waals surface area contributed by atoms with E-state index in [0.29, 0.717) is 5.56 Å². The van der Waals surface area contributed by atoms with E-state index in [4.69, 9.17) is 0 Å². The summed E-state index contributed by atoms with van der Waals surface area (Å²) in [6.45, 7) is 0. The molecule has 0 radical (unpaired) electrons. The number of hydrogen-bond acceptors (Lipinski definition) is 7. The van der Waals surface area contributed by atoms with Crippen molar-refractivity contribution < 1.29 is 13.2 Å². The van der Waals surface area contributed by atoms with E-state index in [0.717, 1.165) is 39.0 Å². The fourth-order valence-corrected chi connectivity index (χ4v) is 4.38. The van der Waals surface area contributed by atoms with Crippen LogP contribution in [0.15, 0.2) is 57.6 Å². The maximum atomic E-state index is 12.4. The van der Waals surface area contributed by atoms with Crippen LogP contribution in [-0.2, 0) is 9.84 Å². The molecule has 11 heteroatoms. The molecule has 0 saturated carbocycles. The second-order valence-corrected chi connectivity index (χ2v) is 9.98. The number of sulfone groups is 1. The number of pyridine rings is 1. The molecule has 0 fully saturated rings. The number of anilines is 1. The highest BCUT2D eigenvalue weighted by molar-refractivity contribution is 9.10. The van der Waals surface area contributed by atoms with Gasteiger partial charge >= 0.3 is 0 Å². The lowest BCUT2D eigenvalue weighted by Gasteiger charge is -2.05. The maximum Gasteiger partial charge on any atom is 0.257 e.